The Morgan fingerprint density at radius 2 is 2.16 bits per heavy atom. The minimum Gasteiger partial charge on any atom is -0.306 e. The van der Waals surface area contributed by atoms with Gasteiger partial charge in [0.2, 0.25) is 0 Å². The van der Waals surface area contributed by atoms with E-state index in [1.807, 2.05) is 13.0 Å². The molecule has 0 radical (unpaired) electrons. The molecule has 0 saturated heterocycles. The normalized spacial score (nSPS) is 12.7. The average Bonchev–Trinajstić information content (AvgIpc) is 2.68. The van der Waals surface area contributed by atoms with E-state index in [2.05, 4.69) is 37.2 Å². The number of nitrogens with one attached hydrogen (secondary N) is 1. The van der Waals surface area contributed by atoms with E-state index in [4.69, 9.17) is 11.6 Å². The second kappa shape index (κ2) is 6.68. The van der Waals surface area contributed by atoms with Gasteiger partial charge in [-0.1, -0.05) is 24.6 Å². The Labute approximate surface area is 137 Å². The molecule has 0 amide bonds. The topological polar surface area (TPSA) is 12.0 Å². The number of halogens is 4. The SMILES string of the molecule is CCNC(c1cc(Br)c(Br)s1)c1c(F)cccc1Cl. The molecule has 1 aromatic carbocycles. The molecule has 0 spiro atoms. The minimum atomic E-state index is -0.293. The van der Waals surface area contributed by atoms with Crippen LogP contribution in [0.1, 0.15) is 23.4 Å². The van der Waals surface area contributed by atoms with Crippen molar-refractivity contribution in [3.05, 3.63) is 53.8 Å². The fraction of sp³-hybridized carbons (Fsp3) is 0.231. The van der Waals surface area contributed by atoms with Gasteiger partial charge in [-0.2, -0.15) is 0 Å². The highest BCUT2D eigenvalue weighted by Gasteiger charge is 2.22. The summed E-state index contributed by atoms with van der Waals surface area (Å²) >= 11 is 14.6. The van der Waals surface area contributed by atoms with Crippen molar-refractivity contribution in [1.82, 2.24) is 5.32 Å². The molecular weight excluding hydrogens is 416 g/mol. The van der Waals surface area contributed by atoms with Gasteiger partial charge in [0.15, 0.2) is 0 Å². The van der Waals surface area contributed by atoms with Crippen molar-refractivity contribution in [3.63, 3.8) is 0 Å². The van der Waals surface area contributed by atoms with Crippen molar-refractivity contribution in [3.8, 4) is 0 Å². The summed E-state index contributed by atoms with van der Waals surface area (Å²) in [5, 5.41) is 3.72. The number of hydrogen-bond donors (Lipinski definition) is 1. The van der Waals surface area contributed by atoms with Crippen molar-refractivity contribution < 1.29 is 4.39 Å². The summed E-state index contributed by atoms with van der Waals surface area (Å²) in [5.41, 5.74) is 0.493. The van der Waals surface area contributed by atoms with Gasteiger partial charge in [0, 0.05) is 19.9 Å². The van der Waals surface area contributed by atoms with Gasteiger partial charge in [-0.05, 0) is 56.6 Å². The number of benzene rings is 1. The lowest BCUT2D eigenvalue weighted by atomic mass is 10.0. The van der Waals surface area contributed by atoms with Crippen LogP contribution in [0, 0.1) is 5.82 Å². The summed E-state index contributed by atoms with van der Waals surface area (Å²) in [5.74, 6) is -0.293. The van der Waals surface area contributed by atoms with Crippen LogP contribution >= 0.6 is 54.8 Å². The van der Waals surface area contributed by atoms with Gasteiger partial charge in [0.1, 0.15) is 5.82 Å². The van der Waals surface area contributed by atoms with Gasteiger partial charge in [-0.15, -0.1) is 11.3 Å². The van der Waals surface area contributed by atoms with Crippen molar-refractivity contribution >= 4 is 54.8 Å². The zero-order valence-corrected chi connectivity index (χ0v) is 14.8. The van der Waals surface area contributed by atoms with Crippen LogP contribution < -0.4 is 5.32 Å². The van der Waals surface area contributed by atoms with Crippen LogP contribution in [0.25, 0.3) is 0 Å². The zero-order chi connectivity index (χ0) is 14.0. The first-order valence-electron chi connectivity index (χ1n) is 5.66. The van der Waals surface area contributed by atoms with Crippen LogP contribution in [0.4, 0.5) is 4.39 Å². The molecule has 6 heteroatoms. The largest absolute Gasteiger partial charge is 0.306 e. The molecule has 1 N–H and O–H groups in total. The quantitative estimate of drug-likeness (QED) is 0.654. The van der Waals surface area contributed by atoms with Gasteiger partial charge in [-0.25, -0.2) is 4.39 Å². The summed E-state index contributed by atoms with van der Waals surface area (Å²) in [7, 11) is 0. The first kappa shape index (κ1) is 15.4. The molecule has 0 bridgehead atoms. The van der Waals surface area contributed by atoms with E-state index in [0.29, 0.717) is 10.6 Å². The Hall–Kier alpha value is 0.0600. The third-order valence-corrected chi connectivity index (χ3v) is 6.30. The lowest BCUT2D eigenvalue weighted by molar-refractivity contribution is 0.563. The van der Waals surface area contributed by atoms with E-state index >= 15 is 0 Å². The zero-order valence-electron chi connectivity index (χ0n) is 10.0. The molecule has 0 aliphatic rings. The van der Waals surface area contributed by atoms with Gasteiger partial charge >= 0.3 is 0 Å². The number of rotatable bonds is 4. The maximum atomic E-state index is 14.1. The van der Waals surface area contributed by atoms with E-state index in [1.165, 1.54) is 6.07 Å². The molecular formula is C13H11Br2ClFNS. The third-order valence-electron chi connectivity index (χ3n) is 2.65. The van der Waals surface area contributed by atoms with Crippen molar-refractivity contribution in [2.45, 2.75) is 13.0 Å². The molecule has 2 aromatic rings. The highest BCUT2D eigenvalue weighted by Crippen LogP contribution is 2.39. The molecule has 1 unspecified atom stereocenters. The van der Waals surface area contributed by atoms with E-state index in [0.717, 1.165) is 19.7 Å². The van der Waals surface area contributed by atoms with Crippen molar-refractivity contribution in [1.29, 1.82) is 0 Å². The molecule has 1 atom stereocenters. The minimum absolute atomic E-state index is 0.244. The lowest BCUT2D eigenvalue weighted by Crippen LogP contribution is -2.22. The summed E-state index contributed by atoms with van der Waals surface area (Å²) < 4.78 is 16.0. The molecule has 2 rings (SSSR count). The molecule has 102 valence electrons. The Morgan fingerprint density at radius 3 is 2.68 bits per heavy atom. The van der Waals surface area contributed by atoms with Crippen LogP contribution in [-0.2, 0) is 0 Å². The van der Waals surface area contributed by atoms with E-state index in [1.54, 1.807) is 23.5 Å². The lowest BCUT2D eigenvalue weighted by Gasteiger charge is -2.18. The standard InChI is InChI=1S/C13H11Br2ClFNS/c1-2-18-12(10-6-7(14)13(15)19-10)11-8(16)4-3-5-9(11)17/h3-6,12,18H,2H2,1H3. The fourth-order valence-corrected chi connectivity index (χ4v) is 4.29. The molecule has 0 aliphatic carbocycles. The summed E-state index contributed by atoms with van der Waals surface area (Å²) in [6.07, 6.45) is 0. The second-order valence-corrected chi connectivity index (χ2v) is 7.56. The highest BCUT2D eigenvalue weighted by atomic mass is 79.9. The first-order chi connectivity index (χ1) is 9.04. The molecule has 0 fully saturated rings. The highest BCUT2D eigenvalue weighted by molar-refractivity contribution is 9.13. The Balaban J connectivity index is 2.51. The molecule has 1 aromatic heterocycles. The van der Waals surface area contributed by atoms with Crippen LogP contribution in [0.5, 0.6) is 0 Å². The first-order valence-corrected chi connectivity index (χ1v) is 8.44. The summed E-state index contributed by atoms with van der Waals surface area (Å²) in [4.78, 5) is 1.01. The van der Waals surface area contributed by atoms with Crippen molar-refractivity contribution in [2.75, 3.05) is 6.54 Å². The molecule has 0 saturated carbocycles. The van der Waals surface area contributed by atoms with Gasteiger partial charge < -0.3 is 5.32 Å². The number of thiophene rings is 1. The predicted octanol–water partition coefficient (Wildman–Crippen LogP) is 5.76. The second-order valence-electron chi connectivity index (χ2n) is 3.90. The number of hydrogen-bond acceptors (Lipinski definition) is 2. The van der Waals surface area contributed by atoms with E-state index in [9.17, 15) is 4.39 Å². The van der Waals surface area contributed by atoms with Crippen LogP contribution in [0.3, 0.4) is 0 Å². The van der Waals surface area contributed by atoms with Gasteiger partial charge in [0.05, 0.1) is 9.83 Å². The van der Waals surface area contributed by atoms with Gasteiger partial charge in [-0.3, -0.25) is 0 Å². The third kappa shape index (κ3) is 3.39. The monoisotopic (exact) mass is 425 g/mol. The molecule has 1 nitrogen and oxygen atoms in total. The molecule has 0 aliphatic heterocycles. The molecule has 19 heavy (non-hydrogen) atoms. The van der Waals surface area contributed by atoms with Gasteiger partial charge in [0.25, 0.3) is 0 Å². The molecule has 1 heterocycles. The van der Waals surface area contributed by atoms with Crippen molar-refractivity contribution in [2.24, 2.45) is 0 Å². The summed E-state index contributed by atoms with van der Waals surface area (Å²) in [6, 6.07) is 6.49. The van der Waals surface area contributed by atoms with Crippen LogP contribution in [0.15, 0.2) is 32.5 Å². The Morgan fingerprint density at radius 1 is 1.42 bits per heavy atom. The Bertz CT molecular complexity index is 548. The fourth-order valence-electron chi connectivity index (χ4n) is 1.84. The average molecular weight is 428 g/mol. The smallest absolute Gasteiger partial charge is 0.129 e. The maximum Gasteiger partial charge on any atom is 0.129 e. The predicted molar refractivity (Wildman–Crippen MR) is 86.6 cm³/mol. The van der Waals surface area contributed by atoms with E-state index in [-0.39, 0.29) is 11.9 Å². The van der Waals surface area contributed by atoms with Crippen LogP contribution in [0.2, 0.25) is 5.02 Å². The van der Waals surface area contributed by atoms with Crippen LogP contribution in [-0.4, -0.2) is 6.54 Å². The maximum absolute atomic E-state index is 14.1. The summed E-state index contributed by atoms with van der Waals surface area (Å²) in [6.45, 7) is 2.71. The van der Waals surface area contributed by atoms with E-state index < -0.39 is 0 Å². The Kier molecular flexibility index (Phi) is 5.43.